The molecule has 0 radical (unpaired) electrons. The standard InChI is InChI=1S/C14H17ClO2S/c1-9-13(6-7-17-9)18-10(2)14(16)11-4-3-5-12(15)8-11/h3-5,8-10,13H,6-7H2,1-2H3. The van der Waals surface area contributed by atoms with Crippen LogP contribution in [0.2, 0.25) is 5.02 Å². The van der Waals surface area contributed by atoms with E-state index in [9.17, 15) is 4.79 Å². The Labute approximate surface area is 117 Å². The number of ether oxygens (including phenoxy) is 1. The molecule has 0 spiro atoms. The summed E-state index contributed by atoms with van der Waals surface area (Å²) < 4.78 is 5.52. The van der Waals surface area contributed by atoms with Crippen LogP contribution in [-0.4, -0.2) is 29.0 Å². The van der Waals surface area contributed by atoms with Crippen LogP contribution in [0.4, 0.5) is 0 Å². The van der Waals surface area contributed by atoms with Gasteiger partial charge in [-0.15, -0.1) is 11.8 Å². The van der Waals surface area contributed by atoms with E-state index < -0.39 is 0 Å². The second kappa shape index (κ2) is 6.09. The smallest absolute Gasteiger partial charge is 0.175 e. The number of carbonyl (C=O) groups is 1. The van der Waals surface area contributed by atoms with Crippen molar-refractivity contribution >= 4 is 29.1 Å². The van der Waals surface area contributed by atoms with Crippen LogP contribution in [0, 0.1) is 0 Å². The van der Waals surface area contributed by atoms with Crippen molar-refractivity contribution in [2.45, 2.75) is 36.9 Å². The molecule has 0 bridgehead atoms. The number of hydrogen-bond donors (Lipinski definition) is 0. The molecule has 1 aromatic carbocycles. The van der Waals surface area contributed by atoms with Crippen LogP contribution in [0.1, 0.15) is 30.6 Å². The highest BCUT2D eigenvalue weighted by Gasteiger charge is 2.28. The predicted octanol–water partition coefficient (Wildman–Crippen LogP) is 3.82. The molecule has 0 aromatic heterocycles. The first-order chi connectivity index (χ1) is 8.58. The number of rotatable bonds is 4. The molecule has 2 nitrogen and oxygen atoms in total. The van der Waals surface area contributed by atoms with E-state index in [-0.39, 0.29) is 17.1 Å². The van der Waals surface area contributed by atoms with Gasteiger partial charge in [0.1, 0.15) is 0 Å². The molecule has 1 fully saturated rings. The first kappa shape index (κ1) is 13.9. The second-order valence-corrected chi connectivity index (χ2v) is 6.58. The third-order valence-corrected chi connectivity index (χ3v) is 4.99. The fraction of sp³-hybridized carbons (Fsp3) is 0.500. The van der Waals surface area contributed by atoms with Crippen molar-refractivity contribution in [2.75, 3.05) is 6.61 Å². The lowest BCUT2D eigenvalue weighted by Gasteiger charge is -2.18. The van der Waals surface area contributed by atoms with Crippen LogP contribution < -0.4 is 0 Å². The van der Waals surface area contributed by atoms with E-state index in [0.717, 1.165) is 13.0 Å². The van der Waals surface area contributed by atoms with Gasteiger partial charge in [-0.25, -0.2) is 0 Å². The van der Waals surface area contributed by atoms with Gasteiger partial charge in [0.15, 0.2) is 5.78 Å². The highest BCUT2D eigenvalue weighted by Crippen LogP contribution is 2.31. The minimum atomic E-state index is -0.0578. The summed E-state index contributed by atoms with van der Waals surface area (Å²) in [6.07, 6.45) is 1.27. The van der Waals surface area contributed by atoms with Crippen molar-refractivity contribution in [3.63, 3.8) is 0 Å². The van der Waals surface area contributed by atoms with Crippen LogP contribution in [-0.2, 0) is 4.74 Å². The summed E-state index contributed by atoms with van der Waals surface area (Å²) in [4.78, 5) is 12.3. The largest absolute Gasteiger partial charge is 0.377 e. The van der Waals surface area contributed by atoms with E-state index in [0.29, 0.717) is 15.8 Å². The first-order valence-corrected chi connectivity index (χ1v) is 7.47. The molecule has 0 amide bonds. The third-order valence-electron chi connectivity index (χ3n) is 3.16. The zero-order chi connectivity index (χ0) is 13.1. The predicted molar refractivity (Wildman–Crippen MR) is 76.7 cm³/mol. The van der Waals surface area contributed by atoms with E-state index in [1.807, 2.05) is 19.1 Å². The van der Waals surface area contributed by atoms with Gasteiger partial charge in [0.2, 0.25) is 0 Å². The van der Waals surface area contributed by atoms with Crippen molar-refractivity contribution in [1.82, 2.24) is 0 Å². The number of ketones is 1. The van der Waals surface area contributed by atoms with Gasteiger partial charge < -0.3 is 4.74 Å². The Kier molecular flexibility index (Phi) is 4.71. The molecular formula is C14H17ClO2S. The monoisotopic (exact) mass is 284 g/mol. The molecule has 3 atom stereocenters. The summed E-state index contributed by atoms with van der Waals surface area (Å²) in [5, 5.41) is 0.969. The summed E-state index contributed by atoms with van der Waals surface area (Å²) in [6, 6.07) is 7.15. The Morgan fingerprint density at radius 1 is 1.56 bits per heavy atom. The molecule has 0 saturated carbocycles. The summed E-state index contributed by atoms with van der Waals surface area (Å²) in [7, 11) is 0. The molecule has 0 aliphatic carbocycles. The van der Waals surface area contributed by atoms with E-state index in [1.165, 1.54) is 0 Å². The van der Waals surface area contributed by atoms with Crippen molar-refractivity contribution in [2.24, 2.45) is 0 Å². The second-order valence-electron chi connectivity index (χ2n) is 4.56. The molecule has 1 aromatic rings. The van der Waals surface area contributed by atoms with Crippen LogP contribution in [0.25, 0.3) is 0 Å². The van der Waals surface area contributed by atoms with E-state index in [2.05, 4.69) is 6.92 Å². The maximum atomic E-state index is 12.3. The van der Waals surface area contributed by atoms with E-state index in [1.54, 1.807) is 23.9 Å². The summed E-state index contributed by atoms with van der Waals surface area (Å²) in [6.45, 7) is 4.83. The number of thioether (sulfide) groups is 1. The quantitative estimate of drug-likeness (QED) is 0.786. The van der Waals surface area contributed by atoms with Crippen LogP contribution in [0.3, 0.4) is 0 Å². The average molecular weight is 285 g/mol. The Bertz CT molecular complexity index is 436. The lowest BCUT2D eigenvalue weighted by molar-refractivity contribution is 0.0993. The molecule has 4 heteroatoms. The van der Waals surface area contributed by atoms with E-state index in [4.69, 9.17) is 16.3 Å². The molecule has 3 unspecified atom stereocenters. The Balaban J connectivity index is 2.00. The summed E-state index contributed by atoms with van der Waals surface area (Å²) in [5.41, 5.74) is 0.689. The van der Waals surface area contributed by atoms with Gasteiger partial charge in [-0.1, -0.05) is 23.7 Å². The van der Waals surface area contributed by atoms with Gasteiger partial charge in [-0.2, -0.15) is 0 Å². The lowest BCUT2D eigenvalue weighted by atomic mass is 10.1. The zero-order valence-electron chi connectivity index (χ0n) is 10.6. The molecule has 1 aliphatic rings. The lowest BCUT2D eigenvalue weighted by Crippen LogP contribution is -2.22. The van der Waals surface area contributed by atoms with Crippen molar-refractivity contribution in [3.8, 4) is 0 Å². The van der Waals surface area contributed by atoms with Gasteiger partial charge in [-0.05, 0) is 32.4 Å². The molecule has 2 rings (SSSR count). The van der Waals surface area contributed by atoms with Gasteiger partial charge in [-0.3, -0.25) is 4.79 Å². The van der Waals surface area contributed by atoms with Crippen molar-refractivity contribution in [1.29, 1.82) is 0 Å². The Morgan fingerprint density at radius 2 is 2.33 bits per heavy atom. The summed E-state index contributed by atoms with van der Waals surface area (Å²) in [5.74, 6) is 0.140. The average Bonchev–Trinajstić information content (AvgIpc) is 2.74. The first-order valence-electron chi connectivity index (χ1n) is 6.15. The maximum Gasteiger partial charge on any atom is 0.175 e. The topological polar surface area (TPSA) is 26.3 Å². The highest BCUT2D eigenvalue weighted by molar-refractivity contribution is 8.01. The molecule has 1 heterocycles. The van der Waals surface area contributed by atoms with Crippen LogP contribution >= 0.6 is 23.4 Å². The molecule has 1 aliphatic heterocycles. The fourth-order valence-electron chi connectivity index (χ4n) is 2.09. The number of hydrogen-bond acceptors (Lipinski definition) is 3. The number of Topliss-reactive ketones (excluding diaryl/α,β-unsaturated/α-hetero) is 1. The Morgan fingerprint density at radius 3 is 2.94 bits per heavy atom. The normalized spacial score (nSPS) is 25.1. The Hall–Kier alpha value is -0.510. The fourth-order valence-corrected chi connectivity index (χ4v) is 3.60. The van der Waals surface area contributed by atoms with Gasteiger partial charge in [0.05, 0.1) is 11.4 Å². The molecular weight excluding hydrogens is 268 g/mol. The number of halogens is 1. The zero-order valence-corrected chi connectivity index (χ0v) is 12.1. The molecule has 98 valence electrons. The highest BCUT2D eigenvalue weighted by atomic mass is 35.5. The summed E-state index contributed by atoms with van der Waals surface area (Å²) >= 11 is 7.61. The van der Waals surface area contributed by atoms with Gasteiger partial charge in [0.25, 0.3) is 0 Å². The number of carbonyl (C=O) groups excluding carboxylic acids is 1. The SMILES string of the molecule is CC(SC1CCOC1C)C(=O)c1cccc(Cl)c1. The van der Waals surface area contributed by atoms with Crippen molar-refractivity contribution < 1.29 is 9.53 Å². The van der Waals surface area contributed by atoms with Gasteiger partial charge >= 0.3 is 0 Å². The van der Waals surface area contributed by atoms with E-state index >= 15 is 0 Å². The minimum Gasteiger partial charge on any atom is -0.377 e. The maximum absolute atomic E-state index is 12.3. The van der Waals surface area contributed by atoms with Crippen LogP contribution in [0.15, 0.2) is 24.3 Å². The van der Waals surface area contributed by atoms with Crippen LogP contribution in [0.5, 0.6) is 0 Å². The third kappa shape index (κ3) is 3.28. The van der Waals surface area contributed by atoms with Gasteiger partial charge in [0, 0.05) is 22.4 Å². The molecule has 18 heavy (non-hydrogen) atoms. The molecule has 1 saturated heterocycles. The molecule has 0 N–H and O–H groups in total. The number of benzene rings is 1. The minimum absolute atomic E-state index is 0.0578. The van der Waals surface area contributed by atoms with Crippen molar-refractivity contribution in [3.05, 3.63) is 34.9 Å².